The van der Waals surface area contributed by atoms with Gasteiger partial charge in [-0.05, 0) is 29.5 Å². The zero-order chi connectivity index (χ0) is 9.84. The molecule has 0 amide bonds. The van der Waals surface area contributed by atoms with Crippen LogP contribution in [0.2, 0.25) is 0 Å². The minimum atomic E-state index is 0.181. The predicted octanol–water partition coefficient (Wildman–Crippen LogP) is 1.93. The van der Waals surface area contributed by atoms with Gasteiger partial charge in [-0.25, -0.2) is 0 Å². The zero-order valence-corrected chi connectivity index (χ0v) is 8.25. The number of benzene rings is 1. The normalized spacial score (nSPS) is 10.8. The van der Waals surface area contributed by atoms with E-state index in [9.17, 15) is 0 Å². The maximum atomic E-state index is 8.75. The van der Waals surface area contributed by atoms with Crippen molar-refractivity contribution in [3.05, 3.63) is 29.3 Å². The lowest BCUT2D eigenvalue weighted by Gasteiger charge is -2.10. The average Bonchev–Trinajstić information content (AvgIpc) is 2.04. The Labute approximate surface area is 79.4 Å². The van der Waals surface area contributed by atoms with E-state index in [2.05, 4.69) is 13.8 Å². The lowest BCUT2D eigenvalue weighted by Crippen LogP contribution is -1.99. The molecule has 0 unspecified atom stereocenters. The summed E-state index contributed by atoms with van der Waals surface area (Å²) in [7, 11) is 0. The number of rotatable bonds is 3. The maximum Gasteiger partial charge on any atom is 0.0471 e. The van der Waals surface area contributed by atoms with Crippen LogP contribution in [0.1, 0.15) is 30.9 Å². The summed E-state index contributed by atoms with van der Waals surface area (Å²) in [5.41, 5.74) is 8.99. The second kappa shape index (κ2) is 4.28. The fourth-order valence-electron chi connectivity index (χ4n) is 1.43. The molecule has 1 aromatic carbocycles. The van der Waals surface area contributed by atoms with E-state index in [1.165, 1.54) is 5.56 Å². The Balaban J connectivity index is 2.92. The van der Waals surface area contributed by atoms with E-state index >= 15 is 0 Å². The highest BCUT2D eigenvalue weighted by atomic mass is 16.2. The molecule has 0 fully saturated rings. The molecule has 13 heavy (non-hydrogen) atoms. The molecule has 0 aliphatic carbocycles. The van der Waals surface area contributed by atoms with E-state index in [0.29, 0.717) is 12.3 Å². The Morgan fingerprint density at radius 3 is 2.54 bits per heavy atom. The molecule has 0 bridgehead atoms. The molecule has 3 N–H and O–H groups in total. The Kier molecular flexibility index (Phi) is 3.32. The molecular weight excluding hydrogens is 162 g/mol. The van der Waals surface area contributed by atoms with Gasteiger partial charge in [0.25, 0.3) is 0 Å². The summed E-state index contributed by atoms with van der Waals surface area (Å²) < 4.78 is 0. The molecule has 1 aromatic rings. The Morgan fingerprint density at radius 2 is 2.08 bits per heavy atom. The number of aliphatic hydroxyl groups is 1. The summed E-state index contributed by atoms with van der Waals surface area (Å²) in [6.45, 7) is 4.43. The van der Waals surface area contributed by atoms with Crippen molar-refractivity contribution in [1.82, 2.24) is 0 Å². The van der Waals surface area contributed by atoms with E-state index in [0.717, 1.165) is 11.3 Å². The number of aliphatic hydroxyl groups excluding tert-OH is 1. The third kappa shape index (κ3) is 2.46. The van der Waals surface area contributed by atoms with Gasteiger partial charge in [-0.15, -0.1) is 0 Å². The first-order chi connectivity index (χ1) is 6.15. The topological polar surface area (TPSA) is 46.2 Å². The predicted molar refractivity (Wildman–Crippen MR) is 55.7 cm³/mol. The van der Waals surface area contributed by atoms with Gasteiger partial charge in [0, 0.05) is 12.3 Å². The first kappa shape index (κ1) is 10.1. The maximum absolute atomic E-state index is 8.75. The van der Waals surface area contributed by atoms with Crippen LogP contribution in [0.3, 0.4) is 0 Å². The monoisotopic (exact) mass is 179 g/mol. The van der Waals surface area contributed by atoms with Gasteiger partial charge in [0.05, 0.1) is 0 Å². The number of anilines is 1. The summed E-state index contributed by atoms with van der Waals surface area (Å²) in [4.78, 5) is 0. The van der Waals surface area contributed by atoms with Crippen molar-refractivity contribution in [2.45, 2.75) is 26.2 Å². The molecule has 2 nitrogen and oxygen atoms in total. The van der Waals surface area contributed by atoms with E-state index in [-0.39, 0.29) is 6.61 Å². The molecule has 1 rings (SSSR count). The van der Waals surface area contributed by atoms with Crippen molar-refractivity contribution >= 4 is 5.69 Å². The van der Waals surface area contributed by atoms with Gasteiger partial charge in [0.1, 0.15) is 0 Å². The first-order valence-corrected chi connectivity index (χ1v) is 4.64. The molecule has 0 aromatic heterocycles. The van der Waals surface area contributed by atoms with Crippen molar-refractivity contribution in [2.75, 3.05) is 12.3 Å². The van der Waals surface area contributed by atoms with Crippen molar-refractivity contribution in [2.24, 2.45) is 0 Å². The molecule has 0 aliphatic heterocycles. The van der Waals surface area contributed by atoms with Crippen molar-refractivity contribution in [1.29, 1.82) is 0 Å². The van der Waals surface area contributed by atoms with Crippen LogP contribution in [0.5, 0.6) is 0 Å². The highest BCUT2D eigenvalue weighted by molar-refractivity contribution is 5.50. The van der Waals surface area contributed by atoms with E-state index in [1.807, 2.05) is 18.2 Å². The number of hydrogen-bond acceptors (Lipinski definition) is 2. The van der Waals surface area contributed by atoms with Gasteiger partial charge in [-0.3, -0.25) is 0 Å². The summed E-state index contributed by atoms with van der Waals surface area (Å²) in [6, 6.07) is 6.03. The fourth-order valence-corrected chi connectivity index (χ4v) is 1.43. The van der Waals surface area contributed by atoms with Gasteiger partial charge < -0.3 is 10.8 Å². The third-order valence-corrected chi connectivity index (χ3v) is 2.17. The van der Waals surface area contributed by atoms with Crippen LogP contribution in [-0.2, 0) is 6.42 Å². The van der Waals surface area contributed by atoms with Gasteiger partial charge in [-0.2, -0.15) is 0 Å². The molecule has 0 heterocycles. The molecule has 0 radical (unpaired) electrons. The molecule has 0 atom stereocenters. The lowest BCUT2D eigenvalue weighted by atomic mass is 9.99. The molecule has 0 aliphatic rings. The molecular formula is C11H17NO. The number of nitrogen functional groups attached to an aromatic ring is 1. The molecule has 0 saturated heterocycles. The Morgan fingerprint density at radius 1 is 1.38 bits per heavy atom. The summed E-state index contributed by atoms with van der Waals surface area (Å²) in [5.74, 6) is 0.461. The fraction of sp³-hybridized carbons (Fsp3) is 0.455. The summed E-state index contributed by atoms with van der Waals surface area (Å²) in [5, 5.41) is 8.75. The van der Waals surface area contributed by atoms with E-state index in [1.54, 1.807) is 0 Å². The van der Waals surface area contributed by atoms with Crippen LogP contribution in [0.25, 0.3) is 0 Å². The lowest BCUT2D eigenvalue weighted by molar-refractivity contribution is 0.299. The van der Waals surface area contributed by atoms with Crippen molar-refractivity contribution in [3.63, 3.8) is 0 Å². The van der Waals surface area contributed by atoms with Crippen LogP contribution in [0, 0.1) is 0 Å². The molecule has 0 saturated carbocycles. The minimum Gasteiger partial charge on any atom is -0.398 e. The van der Waals surface area contributed by atoms with Crippen LogP contribution in [-0.4, -0.2) is 11.7 Å². The molecule has 72 valence electrons. The van der Waals surface area contributed by atoms with Crippen LogP contribution in [0.4, 0.5) is 5.69 Å². The molecule has 2 heteroatoms. The minimum absolute atomic E-state index is 0.181. The largest absolute Gasteiger partial charge is 0.398 e. The first-order valence-electron chi connectivity index (χ1n) is 4.64. The Hall–Kier alpha value is -1.02. The quantitative estimate of drug-likeness (QED) is 0.696. The smallest absolute Gasteiger partial charge is 0.0471 e. The van der Waals surface area contributed by atoms with Gasteiger partial charge >= 0.3 is 0 Å². The van der Waals surface area contributed by atoms with Crippen LogP contribution >= 0.6 is 0 Å². The number of hydrogen-bond donors (Lipinski definition) is 2. The summed E-state index contributed by atoms with van der Waals surface area (Å²) >= 11 is 0. The van der Waals surface area contributed by atoms with Gasteiger partial charge in [0.2, 0.25) is 0 Å². The highest BCUT2D eigenvalue weighted by Crippen LogP contribution is 2.22. The van der Waals surface area contributed by atoms with Gasteiger partial charge in [-0.1, -0.05) is 26.0 Å². The zero-order valence-electron chi connectivity index (χ0n) is 8.25. The highest BCUT2D eigenvalue weighted by Gasteiger charge is 2.04. The summed E-state index contributed by atoms with van der Waals surface area (Å²) in [6.07, 6.45) is 0.683. The van der Waals surface area contributed by atoms with Crippen molar-refractivity contribution in [3.8, 4) is 0 Å². The van der Waals surface area contributed by atoms with Crippen molar-refractivity contribution < 1.29 is 5.11 Å². The van der Waals surface area contributed by atoms with E-state index in [4.69, 9.17) is 10.8 Å². The standard InChI is InChI=1S/C11H17NO/c1-8(2)10-4-3-9(5-6-13)7-11(10)12/h3-4,7-8,13H,5-6,12H2,1-2H3. The second-order valence-corrected chi connectivity index (χ2v) is 3.59. The number of nitrogens with two attached hydrogens (primary N) is 1. The second-order valence-electron chi connectivity index (χ2n) is 3.59. The third-order valence-electron chi connectivity index (χ3n) is 2.17. The molecule has 0 spiro atoms. The van der Waals surface area contributed by atoms with Crippen LogP contribution < -0.4 is 5.73 Å². The van der Waals surface area contributed by atoms with E-state index < -0.39 is 0 Å². The van der Waals surface area contributed by atoms with Crippen LogP contribution in [0.15, 0.2) is 18.2 Å². The SMILES string of the molecule is CC(C)c1ccc(CCO)cc1N. The average molecular weight is 179 g/mol. The Bertz CT molecular complexity index is 281. The van der Waals surface area contributed by atoms with Gasteiger partial charge in [0.15, 0.2) is 0 Å².